The second kappa shape index (κ2) is 4.68. The smallest absolute Gasteiger partial charge is 0.267 e. The molecule has 0 amide bonds. The molecule has 0 aliphatic carbocycles. The molecule has 22 heavy (non-hydrogen) atoms. The van der Waals surface area contributed by atoms with Crippen LogP contribution in [0.15, 0.2) is 53.6 Å². The molecule has 0 spiro atoms. The number of fused-ring (bicyclic) bond motifs is 3. The van der Waals surface area contributed by atoms with Crippen molar-refractivity contribution in [3.63, 3.8) is 0 Å². The first kappa shape index (κ1) is 13.0. The van der Waals surface area contributed by atoms with Crippen molar-refractivity contribution in [1.29, 1.82) is 0 Å². The first-order valence-corrected chi connectivity index (χ1v) is 7.14. The van der Waals surface area contributed by atoms with E-state index in [2.05, 4.69) is 10.1 Å². The van der Waals surface area contributed by atoms with Crippen LogP contribution < -0.4 is 5.56 Å². The Balaban J connectivity index is 2.20. The first-order valence-electron chi connectivity index (χ1n) is 6.76. The highest BCUT2D eigenvalue weighted by Gasteiger charge is 2.14. The molecule has 0 N–H and O–H groups in total. The van der Waals surface area contributed by atoms with Crippen LogP contribution in [0.3, 0.4) is 0 Å². The second-order valence-electron chi connectivity index (χ2n) is 5.11. The monoisotopic (exact) mass is 310 g/mol. The van der Waals surface area contributed by atoms with Crippen LogP contribution in [0.2, 0.25) is 5.02 Å². The van der Waals surface area contributed by atoms with Gasteiger partial charge in [0, 0.05) is 5.02 Å². The standard InChI is InChI=1S/C16H11ClN4O/c1-10-2-5-12(6-3-10)20-15(22)13-8-11(17)4-7-14(13)21-16(20)18-9-19-21/h2-9H,1H3. The summed E-state index contributed by atoms with van der Waals surface area (Å²) in [6.07, 6.45) is 1.44. The number of hydrogen-bond acceptors (Lipinski definition) is 3. The van der Waals surface area contributed by atoms with Gasteiger partial charge >= 0.3 is 0 Å². The lowest BCUT2D eigenvalue weighted by Crippen LogP contribution is -2.22. The molecule has 4 aromatic rings. The molecule has 0 unspecified atom stereocenters. The summed E-state index contributed by atoms with van der Waals surface area (Å²) in [6, 6.07) is 12.9. The Hall–Kier alpha value is -2.66. The summed E-state index contributed by atoms with van der Waals surface area (Å²) >= 11 is 6.04. The molecule has 2 aromatic carbocycles. The highest BCUT2D eigenvalue weighted by molar-refractivity contribution is 6.31. The minimum atomic E-state index is -0.165. The van der Waals surface area contributed by atoms with Crippen LogP contribution in [0.4, 0.5) is 0 Å². The van der Waals surface area contributed by atoms with Gasteiger partial charge in [0.25, 0.3) is 5.56 Å². The van der Waals surface area contributed by atoms with Gasteiger partial charge in [0.05, 0.1) is 16.6 Å². The van der Waals surface area contributed by atoms with E-state index in [1.165, 1.54) is 6.33 Å². The van der Waals surface area contributed by atoms with Gasteiger partial charge in [-0.2, -0.15) is 14.6 Å². The fraction of sp³-hybridized carbons (Fsp3) is 0.0625. The maximum Gasteiger partial charge on any atom is 0.267 e. The van der Waals surface area contributed by atoms with Crippen molar-refractivity contribution in [3.8, 4) is 5.69 Å². The zero-order valence-electron chi connectivity index (χ0n) is 11.7. The fourth-order valence-corrected chi connectivity index (χ4v) is 2.73. The van der Waals surface area contributed by atoms with E-state index < -0.39 is 0 Å². The Morgan fingerprint density at radius 2 is 1.86 bits per heavy atom. The molecule has 0 radical (unpaired) electrons. The molecule has 6 heteroatoms. The fourth-order valence-electron chi connectivity index (χ4n) is 2.56. The van der Waals surface area contributed by atoms with Crippen molar-refractivity contribution >= 4 is 28.3 Å². The second-order valence-corrected chi connectivity index (χ2v) is 5.55. The van der Waals surface area contributed by atoms with E-state index in [-0.39, 0.29) is 5.56 Å². The van der Waals surface area contributed by atoms with Crippen molar-refractivity contribution < 1.29 is 0 Å². The van der Waals surface area contributed by atoms with E-state index >= 15 is 0 Å². The first-order chi connectivity index (χ1) is 10.6. The van der Waals surface area contributed by atoms with Gasteiger partial charge in [0.1, 0.15) is 6.33 Å². The predicted octanol–water partition coefficient (Wildman–Crippen LogP) is 3.00. The SMILES string of the molecule is Cc1ccc(-n2c(=O)c3cc(Cl)ccc3n3ncnc23)cc1. The Bertz CT molecular complexity index is 1060. The third kappa shape index (κ3) is 1.83. The summed E-state index contributed by atoms with van der Waals surface area (Å²) in [5.41, 5.74) is 2.39. The van der Waals surface area contributed by atoms with Gasteiger partial charge in [-0.25, -0.2) is 4.57 Å². The number of benzene rings is 2. The van der Waals surface area contributed by atoms with Crippen LogP contribution in [0.5, 0.6) is 0 Å². The molecule has 0 fully saturated rings. The van der Waals surface area contributed by atoms with Crippen molar-refractivity contribution in [2.45, 2.75) is 6.92 Å². The molecule has 108 valence electrons. The molecule has 0 atom stereocenters. The summed E-state index contributed by atoms with van der Waals surface area (Å²) in [6.45, 7) is 2.00. The van der Waals surface area contributed by atoms with Gasteiger partial charge in [0.15, 0.2) is 0 Å². The normalized spacial score (nSPS) is 11.4. The molecule has 2 aromatic heterocycles. The van der Waals surface area contributed by atoms with Crippen LogP contribution in [0.1, 0.15) is 5.56 Å². The Morgan fingerprint density at radius 1 is 1.09 bits per heavy atom. The van der Waals surface area contributed by atoms with Gasteiger partial charge < -0.3 is 0 Å². The van der Waals surface area contributed by atoms with Gasteiger partial charge in [-0.15, -0.1) is 0 Å². The Morgan fingerprint density at radius 3 is 2.64 bits per heavy atom. The molecule has 0 saturated carbocycles. The number of hydrogen-bond donors (Lipinski definition) is 0. The molecule has 0 saturated heterocycles. The van der Waals surface area contributed by atoms with E-state index in [9.17, 15) is 4.79 Å². The Labute approximate surface area is 130 Å². The van der Waals surface area contributed by atoms with Crippen molar-refractivity contribution in [2.24, 2.45) is 0 Å². The molecule has 4 rings (SSSR count). The number of aryl methyl sites for hydroxylation is 1. The quantitative estimate of drug-likeness (QED) is 0.543. The highest BCUT2D eigenvalue weighted by atomic mass is 35.5. The highest BCUT2D eigenvalue weighted by Crippen LogP contribution is 2.19. The van der Waals surface area contributed by atoms with Crippen molar-refractivity contribution in [2.75, 3.05) is 0 Å². The van der Waals surface area contributed by atoms with Crippen LogP contribution in [0.25, 0.3) is 22.4 Å². The van der Waals surface area contributed by atoms with Crippen molar-refractivity contribution in [1.82, 2.24) is 19.2 Å². The number of halogens is 1. The summed E-state index contributed by atoms with van der Waals surface area (Å²) < 4.78 is 3.19. The average molecular weight is 311 g/mol. The lowest BCUT2D eigenvalue weighted by molar-refractivity contribution is 0.917. The van der Waals surface area contributed by atoms with E-state index in [4.69, 9.17) is 11.6 Å². The lowest BCUT2D eigenvalue weighted by Gasteiger charge is -2.10. The molecular formula is C16H11ClN4O. The van der Waals surface area contributed by atoms with Gasteiger partial charge in [-0.1, -0.05) is 29.3 Å². The van der Waals surface area contributed by atoms with Gasteiger partial charge in [-0.05, 0) is 37.3 Å². The largest absolute Gasteiger partial charge is 0.268 e. The van der Waals surface area contributed by atoms with Crippen LogP contribution in [-0.2, 0) is 0 Å². The van der Waals surface area contributed by atoms with E-state index in [0.717, 1.165) is 11.3 Å². The van der Waals surface area contributed by atoms with Crippen molar-refractivity contribution in [3.05, 3.63) is 69.7 Å². The zero-order chi connectivity index (χ0) is 15.3. The maximum absolute atomic E-state index is 12.9. The molecular weight excluding hydrogens is 300 g/mol. The number of aromatic nitrogens is 4. The zero-order valence-corrected chi connectivity index (χ0v) is 12.4. The number of nitrogens with zero attached hydrogens (tertiary/aromatic N) is 4. The average Bonchev–Trinajstić information content (AvgIpc) is 2.98. The summed E-state index contributed by atoms with van der Waals surface area (Å²) in [4.78, 5) is 17.1. The van der Waals surface area contributed by atoms with E-state index in [1.807, 2.05) is 31.2 Å². The molecule has 2 heterocycles. The summed E-state index contributed by atoms with van der Waals surface area (Å²) in [5, 5.41) is 5.24. The van der Waals surface area contributed by atoms with Gasteiger partial charge in [-0.3, -0.25) is 4.79 Å². The number of rotatable bonds is 1. The lowest BCUT2D eigenvalue weighted by atomic mass is 10.2. The minimum absolute atomic E-state index is 0.165. The van der Waals surface area contributed by atoms with Crippen LogP contribution in [-0.4, -0.2) is 19.2 Å². The van der Waals surface area contributed by atoms with E-state index in [1.54, 1.807) is 27.3 Å². The molecule has 0 aliphatic heterocycles. The summed E-state index contributed by atoms with van der Waals surface area (Å²) in [7, 11) is 0. The van der Waals surface area contributed by atoms with Crippen LogP contribution >= 0.6 is 11.6 Å². The predicted molar refractivity (Wildman–Crippen MR) is 85.8 cm³/mol. The van der Waals surface area contributed by atoms with Crippen LogP contribution in [0, 0.1) is 6.92 Å². The van der Waals surface area contributed by atoms with Gasteiger partial charge in [0.2, 0.25) is 5.78 Å². The Kier molecular flexibility index (Phi) is 2.77. The molecule has 5 nitrogen and oxygen atoms in total. The molecule has 0 bridgehead atoms. The topological polar surface area (TPSA) is 52.2 Å². The minimum Gasteiger partial charge on any atom is -0.268 e. The third-order valence-corrected chi connectivity index (χ3v) is 3.88. The summed E-state index contributed by atoms with van der Waals surface area (Å²) in [5.74, 6) is 0.476. The molecule has 0 aliphatic rings. The maximum atomic E-state index is 12.9. The van der Waals surface area contributed by atoms with E-state index in [0.29, 0.717) is 21.7 Å². The third-order valence-electron chi connectivity index (χ3n) is 3.64.